The van der Waals surface area contributed by atoms with E-state index >= 15 is 0 Å². The summed E-state index contributed by atoms with van der Waals surface area (Å²) in [7, 11) is 0. The van der Waals surface area contributed by atoms with E-state index in [9.17, 15) is 9.18 Å². The van der Waals surface area contributed by atoms with Crippen molar-refractivity contribution in [2.45, 2.75) is 20.5 Å². The monoisotopic (exact) mass is 258 g/mol. The highest BCUT2D eigenvalue weighted by atomic mass is 19.1. The van der Waals surface area contributed by atoms with Crippen molar-refractivity contribution in [2.75, 3.05) is 0 Å². The molecule has 0 amide bonds. The Balaban J connectivity index is 2.24. The molecule has 0 saturated heterocycles. The van der Waals surface area contributed by atoms with E-state index in [-0.39, 0.29) is 11.3 Å². The second-order valence-electron chi connectivity index (χ2n) is 4.43. The molecule has 98 valence electrons. The molecule has 0 radical (unpaired) electrons. The van der Waals surface area contributed by atoms with Gasteiger partial charge < -0.3 is 4.74 Å². The summed E-state index contributed by atoms with van der Waals surface area (Å²) in [5.74, 6) is -0.172. The molecule has 0 bridgehead atoms. The largest absolute Gasteiger partial charge is 0.488 e. The molecule has 19 heavy (non-hydrogen) atoms. The van der Waals surface area contributed by atoms with Gasteiger partial charge in [-0.15, -0.1) is 0 Å². The van der Waals surface area contributed by atoms with Crippen LogP contribution >= 0.6 is 0 Å². The molecule has 0 N–H and O–H groups in total. The van der Waals surface area contributed by atoms with Crippen LogP contribution in [0.4, 0.5) is 4.39 Å². The molecule has 2 rings (SSSR count). The number of aryl methyl sites for hydroxylation is 1. The van der Waals surface area contributed by atoms with Gasteiger partial charge in [0, 0.05) is 0 Å². The lowest BCUT2D eigenvalue weighted by atomic mass is 10.1. The fraction of sp³-hybridized carbons (Fsp3) is 0.188. The molecule has 0 aliphatic heterocycles. The average Bonchev–Trinajstić information content (AvgIpc) is 2.40. The smallest absolute Gasteiger partial charge is 0.163 e. The van der Waals surface area contributed by atoms with E-state index < -0.39 is 5.82 Å². The third-order valence-electron chi connectivity index (χ3n) is 2.88. The first-order valence-electron chi connectivity index (χ1n) is 6.05. The van der Waals surface area contributed by atoms with Crippen molar-refractivity contribution < 1.29 is 13.9 Å². The van der Waals surface area contributed by atoms with E-state index in [1.807, 2.05) is 30.3 Å². The van der Waals surface area contributed by atoms with Crippen LogP contribution in [0.5, 0.6) is 5.75 Å². The Morgan fingerprint density at radius 1 is 1.21 bits per heavy atom. The minimum Gasteiger partial charge on any atom is -0.488 e. The molecule has 0 heterocycles. The van der Waals surface area contributed by atoms with Gasteiger partial charge in [0.25, 0.3) is 0 Å². The minimum absolute atomic E-state index is 0.207. The highest BCUT2D eigenvalue weighted by Crippen LogP contribution is 2.24. The molecule has 0 unspecified atom stereocenters. The number of hydrogen-bond acceptors (Lipinski definition) is 2. The van der Waals surface area contributed by atoms with Gasteiger partial charge in [0.1, 0.15) is 18.2 Å². The van der Waals surface area contributed by atoms with Gasteiger partial charge in [0.2, 0.25) is 0 Å². The third kappa shape index (κ3) is 3.19. The molecule has 0 aliphatic rings. The van der Waals surface area contributed by atoms with Gasteiger partial charge in [-0.05, 0) is 37.1 Å². The molecule has 2 nitrogen and oxygen atoms in total. The predicted molar refractivity (Wildman–Crippen MR) is 71.9 cm³/mol. The van der Waals surface area contributed by atoms with Crippen LogP contribution in [-0.4, -0.2) is 5.78 Å². The standard InChI is InChI=1S/C16H15FO2/c1-11-8-16(14(12(2)18)9-15(11)17)19-10-13-6-4-3-5-7-13/h3-9H,10H2,1-2H3. The topological polar surface area (TPSA) is 26.3 Å². The lowest BCUT2D eigenvalue weighted by molar-refractivity contribution is 0.101. The number of benzene rings is 2. The summed E-state index contributed by atoms with van der Waals surface area (Å²) in [5.41, 5.74) is 1.74. The van der Waals surface area contributed by atoms with Crippen LogP contribution in [0.2, 0.25) is 0 Å². The van der Waals surface area contributed by atoms with E-state index in [0.29, 0.717) is 17.9 Å². The molecule has 3 heteroatoms. The maximum absolute atomic E-state index is 13.5. The summed E-state index contributed by atoms with van der Waals surface area (Å²) in [6.07, 6.45) is 0. The molecule has 0 atom stereocenters. The first-order chi connectivity index (χ1) is 9.08. The minimum atomic E-state index is -0.391. The first kappa shape index (κ1) is 13.3. The van der Waals surface area contributed by atoms with Crippen molar-refractivity contribution in [3.05, 3.63) is 65.0 Å². The zero-order valence-electron chi connectivity index (χ0n) is 10.9. The zero-order valence-corrected chi connectivity index (χ0v) is 10.9. The van der Waals surface area contributed by atoms with Crippen LogP contribution in [0.15, 0.2) is 42.5 Å². The van der Waals surface area contributed by atoms with Crippen molar-refractivity contribution >= 4 is 5.78 Å². The molecule has 0 aromatic heterocycles. The van der Waals surface area contributed by atoms with Gasteiger partial charge in [0.15, 0.2) is 5.78 Å². The second kappa shape index (κ2) is 5.65. The van der Waals surface area contributed by atoms with Gasteiger partial charge in [-0.2, -0.15) is 0 Å². The van der Waals surface area contributed by atoms with Crippen LogP contribution in [0.3, 0.4) is 0 Å². The van der Waals surface area contributed by atoms with E-state index in [1.165, 1.54) is 13.0 Å². The number of halogens is 1. The van der Waals surface area contributed by atoms with Gasteiger partial charge in [-0.1, -0.05) is 30.3 Å². The van der Waals surface area contributed by atoms with Crippen molar-refractivity contribution in [2.24, 2.45) is 0 Å². The summed E-state index contributed by atoms with van der Waals surface area (Å²) in [4.78, 5) is 11.5. The van der Waals surface area contributed by atoms with Crippen molar-refractivity contribution in [3.63, 3.8) is 0 Å². The SMILES string of the molecule is CC(=O)c1cc(F)c(C)cc1OCc1ccccc1. The van der Waals surface area contributed by atoms with Gasteiger partial charge in [0.05, 0.1) is 5.56 Å². The Morgan fingerprint density at radius 2 is 1.89 bits per heavy atom. The Hall–Kier alpha value is -2.16. The number of rotatable bonds is 4. The first-order valence-corrected chi connectivity index (χ1v) is 6.05. The summed E-state index contributed by atoms with van der Waals surface area (Å²) < 4.78 is 19.1. The Morgan fingerprint density at radius 3 is 2.53 bits per heavy atom. The van der Waals surface area contributed by atoms with Crippen LogP contribution < -0.4 is 4.74 Å². The number of Topliss-reactive ketones (excluding diaryl/α,β-unsaturated/α-hetero) is 1. The number of ether oxygens (including phenoxy) is 1. The summed E-state index contributed by atoms with van der Waals surface area (Å²) in [5, 5.41) is 0. The number of carbonyl (C=O) groups is 1. The molecule has 0 fully saturated rings. The summed E-state index contributed by atoms with van der Waals surface area (Å²) in [6, 6.07) is 12.4. The highest BCUT2D eigenvalue weighted by molar-refractivity contribution is 5.96. The maximum atomic E-state index is 13.5. The maximum Gasteiger partial charge on any atom is 0.163 e. The highest BCUT2D eigenvalue weighted by Gasteiger charge is 2.12. The van der Waals surface area contributed by atoms with Crippen LogP contribution in [0, 0.1) is 12.7 Å². The molecule has 0 saturated carbocycles. The van der Waals surface area contributed by atoms with Gasteiger partial charge >= 0.3 is 0 Å². The normalized spacial score (nSPS) is 10.3. The summed E-state index contributed by atoms with van der Waals surface area (Å²) >= 11 is 0. The lowest BCUT2D eigenvalue weighted by Crippen LogP contribution is -2.03. The second-order valence-corrected chi connectivity index (χ2v) is 4.43. The van der Waals surface area contributed by atoms with Crippen molar-refractivity contribution in [1.29, 1.82) is 0 Å². The fourth-order valence-electron chi connectivity index (χ4n) is 1.78. The lowest BCUT2D eigenvalue weighted by Gasteiger charge is -2.11. The van der Waals surface area contributed by atoms with Gasteiger partial charge in [-0.25, -0.2) is 4.39 Å². The zero-order chi connectivity index (χ0) is 13.8. The van der Waals surface area contributed by atoms with Crippen LogP contribution in [0.1, 0.15) is 28.4 Å². The van der Waals surface area contributed by atoms with Crippen molar-refractivity contribution in [1.82, 2.24) is 0 Å². The molecule has 2 aromatic carbocycles. The fourth-order valence-corrected chi connectivity index (χ4v) is 1.78. The van der Waals surface area contributed by atoms with Crippen molar-refractivity contribution in [3.8, 4) is 5.75 Å². The van der Waals surface area contributed by atoms with E-state index in [1.54, 1.807) is 13.0 Å². The number of hydrogen-bond donors (Lipinski definition) is 0. The Kier molecular flexibility index (Phi) is 3.95. The molecular weight excluding hydrogens is 243 g/mol. The van der Waals surface area contributed by atoms with E-state index in [4.69, 9.17) is 4.74 Å². The van der Waals surface area contributed by atoms with Crippen LogP contribution in [0.25, 0.3) is 0 Å². The number of carbonyl (C=O) groups excluding carboxylic acids is 1. The van der Waals surface area contributed by atoms with E-state index in [0.717, 1.165) is 5.56 Å². The quantitative estimate of drug-likeness (QED) is 0.777. The van der Waals surface area contributed by atoms with E-state index in [2.05, 4.69) is 0 Å². The number of ketones is 1. The third-order valence-corrected chi connectivity index (χ3v) is 2.88. The Labute approximate surface area is 111 Å². The molecule has 2 aromatic rings. The average molecular weight is 258 g/mol. The molecule has 0 spiro atoms. The molecule has 0 aliphatic carbocycles. The van der Waals surface area contributed by atoms with Gasteiger partial charge in [-0.3, -0.25) is 4.79 Å². The molecular formula is C16H15FO2. The van der Waals surface area contributed by atoms with Crippen LogP contribution in [-0.2, 0) is 6.61 Å². The predicted octanol–water partition coefficient (Wildman–Crippen LogP) is 3.92. The Bertz CT molecular complexity index is 591. The summed E-state index contributed by atoms with van der Waals surface area (Å²) in [6.45, 7) is 3.40.